The van der Waals surface area contributed by atoms with Crippen LogP contribution < -0.4 is 4.90 Å². The van der Waals surface area contributed by atoms with Crippen LogP contribution in [-0.2, 0) is 19.1 Å². The maximum atomic E-state index is 14.6. The summed E-state index contributed by atoms with van der Waals surface area (Å²) in [4.78, 5) is 47.5. The van der Waals surface area contributed by atoms with Gasteiger partial charge in [0.15, 0.2) is 0 Å². The smallest absolute Gasteiger partial charge is 0.253 e. The lowest BCUT2D eigenvalue weighted by molar-refractivity contribution is -0.149. The summed E-state index contributed by atoms with van der Waals surface area (Å²) >= 11 is 0. The number of hydrogen-bond donors (Lipinski definition) is 1. The number of rotatable bonds is 11. The highest BCUT2D eigenvalue weighted by atomic mass is 16.5. The molecule has 3 fully saturated rings. The summed E-state index contributed by atoms with van der Waals surface area (Å²) in [5, 5.41) is 11.5. The summed E-state index contributed by atoms with van der Waals surface area (Å²) in [7, 11) is 1.71. The molecule has 8 heteroatoms. The first-order valence-electron chi connectivity index (χ1n) is 14.1. The zero-order valence-electron chi connectivity index (χ0n) is 23.4. The van der Waals surface area contributed by atoms with Gasteiger partial charge in [0, 0.05) is 39.0 Å². The van der Waals surface area contributed by atoms with Gasteiger partial charge in [0.2, 0.25) is 11.8 Å². The Morgan fingerprint density at radius 3 is 2.50 bits per heavy atom. The van der Waals surface area contributed by atoms with Crippen molar-refractivity contribution in [3.8, 4) is 0 Å². The molecule has 3 aliphatic rings. The van der Waals surface area contributed by atoms with Crippen LogP contribution in [0.25, 0.3) is 10.8 Å². The number of fused-ring (bicyclic) bond motifs is 2. The van der Waals surface area contributed by atoms with Crippen molar-refractivity contribution < 1.29 is 24.2 Å². The second-order valence-corrected chi connectivity index (χ2v) is 11.5. The van der Waals surface area contributed by atoms with E-state index in [0.29, 0.717) is 44.5 Å². The molecule has 3 heterocycles. The Kier molecular flexibility index (Phi) is 7.59. The molecule has 2 bridgehead atoms. The van der Waals surface area contributed by atoms with Crippen LogP contribution in [0.3, 0.4) is 0 Å². The largest absolute Gasteiger partial charge is 0.396 e. The summed E-state index contributed by atoms with van der Waals surface area (Å²) in [5.74, 6) is -2.07. The standard InChI is InChI=1S/C32H39N3O5/c1-5-17-33(4)28(37)25-26-29(38)35(19-9-10-20-36)27(32(26)16-15-31(25,3)40-32)30(39)34(18-6-2)24-14-13-22-11-7-8-12-23(22)21-24/h5-8,11-14,21,25-27,36H,1-2,9-10,15-20H2,3-4H3/t25-,26+,27?,31+,32?/m1/s1. The Balaban J connectivity index is 1.58. The summed E-state index contributed by atoms with van der Waals surface area (Å²) in [6, 6.07) is 12.9. The number of carbonyl (C=O) groups excluding carboxylic acids is 3. The maximum absolute atomic E-state index is 14.6. The molecule has 3 aliphatic heterocycles. The lowest BCUT2D eigenvalue weighted by Crippen LogP contribution is -2.56. The van der Waals surface area contributed by atoms with Gasteiger partial charge in [-0.3, -0.25) is 14.4 Å². The van der Waals surface area contributed by atoms with E-state index < -0.39 is 29.1 Å². The van der Waals surface area contributed by atoms with E-state index >= 15 is 0 Å². The molecule has 5 rings (SSSR count). The Labute approximate surface area is 235 Å². The Bertz CT molecular complexity index is 1340. The van der Waals surface area contributed by atoms with E-state index in [0.717, 1.165) is 10.8 Å². The van der Waals surface area contributed by atoms with Gasteiger partial charge in [-0.15, -0.1) is 13.2 Å². The van der Waals surface area contributed by atoms with Crippen molar-refractivity contribution in [2.75, 3.05) is 38.2 Å². The fourth-order valence-corrected chi connectivity index (χ4v) is 7.18. The normalized spacial score (nSPS) is 28.5. The maximum Gasteiger partial charge on any atom is 0.253 e. The Hall–Kier alpha value is -3.49. The van der Waals surface area contributed by atoms with Gasteiger partial charge in [-0.1, -0.05) is 42.5 Å². The highest BCUT2D eigenvalue weighted by molar-refractivity contribution is 6.06. The van der Waals surface area contributed by atoms with Gasteiger partial charge in [-0.25, -0.2) is 0 Å². The fourth-order valence-electron chi connectivity index (χ4n) is 7.18. The Morgan fingerprint density at radius 1 is 1.07 bits per heavy atom. The number of likely N-dealkylation sites (tertiary alicyclic amines) is 1. The van der Waals surface area contributed by atoms with Gasteiger partial charge in [0.25, 0.3) is 5.91 Å². The summed E-state index contributed by atoms with van der Waals surface area (Å²) in [6.07, 6.45) is 5.48. The zero-order chi connectivity index (χ0) is 28.7. The number of likely N-dealkylation sites (N-methyl/N-ethyl adjacent to an activating group) is 1. The number of amides is 3. The van der Waals surface area contributed by atoms with Crippen LogP contribution in [-0.4, -0.2) is 83.2 Å². The predicted octanol–water partition coefficient (Wildman–Crippen LogP) is 3.54. The van der Waals surface area contributed by atoms with E-state index in [1.54, 1.807) is 33.9 Å². The second-order valence-electron chi connectivity index (χ2n) is 11.5. The summed E-state index contributed by atoms with van der Waals surface area (Å²) in [5.41, 5.74) is -1.23. The molecule has 0 aromatic heterocycles. The molecule has 1 N–H and O–H groups in total. The molecule has 3 amide bonds. The lowest BCUT2D eigenvalue weighted by atomic mass is 9.66. The van der Waals surface area contributed by atoms with E-state index in [1.165, 1.54) is 0 Å². The van der Waals surface area contributed by atoms with Gasteiger partial charge < -0.3 is 24.5 Å². The van der Waals surface area contributed by atoms with Crippen molar-refractivity contribution in [1.82, 2.24) is 9.80 Å². The molecule has 5 atom stereocenters. The topological polar surface area (TPSA) is 90.4 Å². The van der Waals surface area contributed by atoms with Gasteiger partial charge in [0.05, 0.1) is 17.4 Å². The molecule has 0 aliphatic carbocycles. The van der Waals surface area contributed by atoms with Crippen molar-refractivity contribution in [2.45, 2.75) is 49.9 Å². The highest BCUT2D eigenvalue weighted by Gasteiger charge is 2.78. The van der Waals surface area contributed by atoms with E-state index in [2.05, 4.69) is 13.2 Å². The number of unbranched alkanes of at least 4 members (excludes halogenated alkanes) is 1. The number of aliphatic hydroxyl groups excluding tert-OH is 1. The van der Waals surface area contributed by atoms with Gasteiger partial charge >= 0.3 is 0 Å². The van der Waals surface area contributed by atoms with Crippen molar-refractivity contribution in [3.63, 3.8) is 0 Å². The van der Waals surface area contributed by atoms with Gasteiger partial charge in [-0.2, -0.15) is 0 Å². The first-order valence-corrected chi connectivity index (χ1v) is 14.1. The minimum absolute atomic E-state index is 0.00305. The third kappa shape index (κ3) is 4.34. The van der Waals surface area contributed by atoms with Crippen molar-refractivity contribution >= 4 is 34.2 Å². The minimum Gasteiger partial charge on any atom is -0.396 e. The SMILES string of the molecule is C=CCN(C)C(=O)[C@H]1[C@H]2C(=O)N(CCCCO)C(C(=O)N(CC=C)c3ccc4ccccc4c3)C23CC[C@]1(C)O3. The molecule has 1 spiro atoms. The number of aliphatic hydroxyl groups is 1. The molecule has 3 saturated heterocycles. The predicted molar refractivity (Wildman–Crippen MR) is 155 cm³/mol. The Morgan fingerprint density at radius 2 is 1.80 bits per heavy atom. The van der Waals surface area contributed by atoms with E-state index in [9.17, 15) is 19.5 Å². The van der Waals surface area contributed by atoms with Crippen LogP contribution in [0.1, 0.15) is 32.6 Å². The first kappa shape index (κ1) is 28.1. The monoisotopic (exact) mass is 545 g/mol. The van der Waals surface area contributed by atoms with E-state index in [1.807, 2.05) is 49.4 Å². The molecule has 2 aromatic rings. The summed E-state index contributed by atoms with van der Waals surface area (Å²) < 4.78 is 6.75. The van der Waals surface area contributed by atoms with E-state index in [4.69, 9.17) is 4.74 Å². The van der Waals surface area contributed by atoms with Crippen molar-refractivity contribution in [3.05, 3.63) is 67.8 Å². The number of hydrogen-bond acceptors (Lipinski definition) is 5. The molecule has 0 saturated carbocycles. The average molecular weight is 546 g/mol. The van der Waals surface area contributed by atoms with Crippen molar-refractivity contribution in [2.24, 2.45) is 11.8 Å². The molecular formula is C32H39N3O5. The van der Waals surface area contributed by atoms with Crippen molar-refractivity contribution in [1.29, 1.82) is 0 Å². The molecule has 212 valence electrons. The van der Waals surface area contributed by atoms with Crippen LogP contribution in [0, 0.1) is 11.8 Å². The van der Waals surface area contributed by atoms with Crippen LogP contribution in [0.5, 0.6) is 0 Å². The van der Waals surface area contributed by atoms with Crippen LogP contribution >= 0.6 is 0 Å². The summed E-state index contributed by atoms with van der Waals surface area (Å²) in [6.45, 7) is 10.5. The quantitative estimate of drug-likeness (QED) is 0.345. The number of anilines is 1. The van der Waals surface area contributed by atoms with Crippen LogP contribution in [0.2, 0.25) is 0 Å². The minimum atomic E-state index is -1.10. The molecule has 8 nitrogen and oxygen atoms in total. The molecular weight excluding hydrogens is 506 g/mol. The fraction of sp³-hybridized carbons (Fsp3) is 0.469. The van der Waals surface area contributed by atoms with E-state index in [-0.39, 0.29) is 30.9 Å². The molecule has 2 aromatic carbocycles. The number of ether oxygens (including phenoxy) is 1. The molecule has 0 radical (unpaired) electrons. The second kappa shape index (κ2) is 10.8. The van der Waals surface area contributed by atoms with Crippen LogP contribution in [0.15, 0.2) is 67.8 Å². The lowest BCUT2D eigenvalue weighted by Gasteiger charge is -2.37. The molecule has 40 heavy (non-hydrogen) atoms. The number of benzene rings is 2. The van der Waals surface area contributed by atoms with Gasteiger partial charge in [-0.05, 0) is 55.5 Å². The third-order valence-corrected chi connectivity index (χ3v) is 8.99. The highest BCUT2D eigenvalue weighted by Crippen LogP contribution is 2.63. The van der Waals surface area contributed by atoms with Crippen LogP contribution in [0.4, 0.5) is 5.69 Å². The third-order valence-electron chi connectivity index (χ3n) is 8.99. The number of nitrogens with zero attached hydrogens (tertiary/aromatic N) is 3. The van der Waals surface area contributed by atoms with Gasteiger partial charge in [0.1, 0.15) is 11.6 Å². The first-order chi connectivity index (χ1) is 19.2. The number of carbonyl (C=O) groups is 3. The average Bonchev–Trinajstić information content (AvgIpc) is 3.51. The zero-order valence-corrected chi connectivity index (χ0v) is 23.4. The molecule has 2 unspecified atom stereocenters.